The average Bonchev–Trinajstić information content (AvgIpc) is 2.99. The summed E-state index contributed by atoms with van der Waals surface area (Å²) in [6.45, 7) is 4.51. The van der Waals surface area contributed by atoms with E-state index in [4.69, 9.17) is 0 Å². The fraction of sp³-hybridized carbons (Fsp3) is 0.348. The summed E-state index contributed by atoms with van der Waals surface area (Å²) in [5, 5.41) is 0. The molecule has 2 aromatic carbocycles. The van der Waals surface area contributed by atoms with Crippen LogP contribution in [0.2, 0.25) is 0 Å². The van der Waals surface area contributed by atoms with Crippen molar-refractivity contribution >= 4 is 22.8 Å². The molecule has 2 amide bonds. The van der Waals surface area contributed by atoms with E-state index in [-0.39, 0.29) is 11.8 Å². The van der Waals surface area contributed by atoms with E-state index in [1.807, 2.05) is 65.3 Å². The quantitative estimate of drug-likeness (QED) is 0.744. The Kier molecular flexibility index (Phi) is 5.60. The molecule has 1 aliphatic rings. The molecule has 150 valence electrons. The molecule has 0 bridgehead atoms. The second-order valence-corrected chi connectivity index (χ2v) is 7.60. The van der Waals surface area contributed by atoms with Gasteiger partial charge >= 0.3 is 0 Å². The van der Waals surface area contributed by atoms with Crippen LogP contribution in [0.4, 0.5) is 0 Å². The molecule has 0 spiro atoms. The molecular weight excluding hydrogens is 364 g/mol. The van der Waals surface area contributed by atoms with Gasteiger partial charge in [0.1, 0.15) is 5.82 Å². The van der Waals surface area contributed by atoms with Crippen LogP contribution in [-0.2, 0) is 11.2 Å². The second-order valence-electron chi connectivity index (χ2n) is 7.60. The minimum absolute atomic E-state index is 0.0466. The highest BCUT2D eigenvalue weighted by molar-refractivity contribution is 5.94. The van der Waals surface area contributed by atoms with Gasteiger partial charge in [-0.25, -0.2) is 4.98 Å². The number of amides is 2. The summed E-state index contributed by atoms with van der Waals surface area (Å²) < 4.78 is 0. The summed E-state index contributed by atoms with van der Waals surface area (Å²) in [5.41, 5.74) is 3.72. The number of nitrogens with zero attached hydrogens (tertiary/aromatic N) is 3. The lowest BCUT2D eigenvalue weighted by molar-refractivity contribution is -0.131. The molecule has 0 saturated carbocycles. The van der Waals surface area contributed by atoms with Gasteiger partial charge in [-0.2, -0.15) is 0 Å². The molecule has 1 saturated heterocycles. The zero-order valence-corrected chi connectivity index (χ0v) is 16.7. The normalized spacial score (nSPS) is 14.8. The highest BCUT2D eigenvalue weighted by atomic mass is 16.2. The standard InChI is InChI=1S/C23H26N4O2/c1-17-6-4-7-18(16-17)23(29)27-13-5-12-26(14-15-27)22(28)11-10-21-24-19-8-2-3-9-20(19)25-21/h2-4,6-9,16H,5,10-15H2,1H3,(H,24,25). The molecule has 1 aromatic heterocycles. The van der Waals surface area contributed by atoms with Crippen LogP contribution >= 0.6 is 0 Å². The van der Waals surface area contributed by atoms with Gasteiger partial charge in [0.2, 0.25) is 5.91 Å². The summed E-state index contributed by atoms with van der Waals surface area (Å²) in [6, 6.07) is 15.6. The summed E-state index contributed by atoms with van der Waals surface area (Å²) >= 11 is 0. The van der Waals surface area contributed by atoms with Crippen LogP contribution in [0, 0.1) is 6.92 Å². The van der Waals surface area contributed by atoms with E-state index in [1.165, 1.54) is 0 Å². The van der Waals surface area contributed by atoms with Crippen LogP contribution in [0.15, 0.2) is 48.5 Å². The fourth-order valence-electron chi connectivity index (χ4n) is 3.84. The maximum atomic E-state index is 12.8. The number of hydrogen-bond acceptors (Lipinski definition) is 3. The number of para-hydroxylation sites is 2. The van der Waals surface area contributed by atoms with E-state index in [2.05, 4.69) is 9.97 Å². The monoisotopic (exact) mass is 390 g/mol. The van der Waals surface area contributed by atoms with E-state index in [0.29, 0.717) is 39.0 Å². The van der Waals surface area contributed by atoms with Crippen LogP contribution in [0.1, 0.15) is 34.6 Å². The van der Waals surface area contributed by atoms with E-state index < -0.39 is 0 Å². The number of rotatable bonds is 4. The number of carbonyl (C=O) groups excluding carboxylic acids is 2. The van der Waals surface area contributed by atoms with Crippen molar-refractivity contribution in [3.05, 3.63) is 65.5 Å². The SMILES string of the molecule is Cc1cccc(C(=O)N2CCCN(C(=O)CCc3nc4ccccc4[nH]3)CC2)c1. The third kappa shape index (κ3) is 4.47. The van der Waals surface area contributed by atoms with Crippen LogP contribution in [-0.4, -0.2) is 57.8 Å². The van der Waals surface area contributed by atoms with E-state index >= 15 is 0 Å². The predicted molar refractivity (Wildman–Crippen MR) is 113 cm³/mol. The zero-order valence-electron chi connectivity index (χ0n) is 16.7. The lowest BCUT2D eigenvalue weighted by atomic mass is 10.1. The molecule has 0 aliphatic carbocycles. The Labute approximate surface area is 170 Å². The van der Waals surface area contributed by atoms with Gasteiger partial charge in [0.05, 0.1) is 11.0 Å². The van der Waals surface area contributed by atoms with Crippen molar-refractivity contribution in [2.45, 2.75) is 26.2 Å². The van der Waals surface area contributed by atoms with Crippen molar-refractivity contribution in [2.75, 3.05) is 26.2 Å². The Bertz CT molecular complexity index is 993. The highest BCUT2D eigenvalue weighted by Gasteiger charge is 2.23. The number of aromatic amines is 1. The van der Waals surface area contributed by atoms with E-state index in [1.54, 1.807) is 0 Å². The molecule has 4 rings (SSSR count). The zero-order chi connectivity index (χ0) is 20.2. The summed E-state index contributed by atoms with van der Waals surface area (Å²) in [7, 11) is 0. The molecule has 2 heterocycles. The minimum Gasteiger partial charge on any atom is -0.342 e. The van der Waals surface area contributed by atoms with Gasteiger partial charge in [0.25, 0.3) is 5.91 Å². The molecule has 6 nitrogen and oxygen atoms in total. The molecule has 3 aromatic rings. The van der Waals surface area contributed by atoms with Crippen molar-refractivity contribution in [2.24, 2.45) is 0 Å². The lowest BCUT2D eigenvalue weighted by Gasteiger charge is -2.22. The summed E-state index contributed by atoms with van der Waals surface area (Å²) in [5.74, 6) is 1.01. The van der Waals surface area contributed by atoms with Gasteiger partial charge < -0.3 is 14.8 Å². The van der Waals surface area contributed by atoms with Gasteiger partial charge in [-0.3, -0.25) is 9.59 Å². The molecule has 1 N–H and O–H groups in total. The van der Waals surface area contributed by atoms with Crippen molar-refractivity contribution in [1.29, 1.82) is 0 Å². The molecule has 1 aliphatic heterocycles. The largest absolute Gasteiger partial charge is 0.342 e. The van der Waals surface area contributed by atoms with E-state index in [9.17, 15) is 9.59 Å². The number of imidazole rings is 1. The number of hydrogen-bond donors (Lipinski definition) is 1. The number of aromatic nitrogens is 2. The first-order valence-corrected chi connectivity index (χ1v) is 10.2. The Morgan fingerprint density at radius 1 is 1.00 bits per heavy atom. The lowest BCUT2D eigenvalue weighted by Crippen LogP contribution is -2.37. The maximum absolute atomic E-state index is 12.8. The van der Waals surface area contributed by atoms with Crippen LogP contribution in [0.25, 0.3) is 11.0 Å². The maximum Gasteiger partial charge on any atom is 0.253 e. The van der Waals surface area contributed by atoms with Crippen molar-refractivity contribution in [3.63, 3.8) is 0 Å². The second kappa shape index (κ2) is 8.47. The molecule has 0 atom stereocenters. The first kappa shape index (κ1) is 19.2. The smallest absolute Gasteiger partial charge is 0.253 e. The molecule has 0 unspecified atom stereocenters. The number of benzene rings is 2. The molecule has 29 heavy (non-hydrogen) atoms. The number of aryl methyl sites for hydroxylation is 2. The van der Waals surface area contributed by atoms with Gasteiger partial charge in [0, 0.05) is 44.6 Å². The third-order valence-corrected chi connectivity index (χ3v) is 5.41. The molecular formula is C23H26N4O2. The van der Waals surface area contributed by atoms with Gasteiger partial charge in [-0.15, -0.1) is 0 Å². The van der Waals surface area contributed by atoms with Crippen LogP contribution < -0.4 is 0 Å². The van der Waals surface area contributed by atoms with Crippen LogP contribution in [0.3, 0.4) is 0 Å². The fourth-order valence-corrected chi connectivity index (χ4v) is 3.84. The number of nitrogens with one attached hydrogen (secondary N) is 1. The van der Waals surface area contributed by atoms with Crippen molar-refractivity contribution in [1.82, 2.24) is 19.8 Å². The highest BCUT2D eigenvalue weighted by Crippen LogP contribution is 2.14. The Morgan fingerprint density at radius 2 is 1.79 bits per heavy atom. The minimum atomic E-state index is 0.0466. The topological polar surface area (TPSA) is 69.3 Å². The van der Waals surface area contributed by atoms with Gasteiger partial charge in [-0.1, -0.05) is 29.8 Å². The van der Waals surface area contributed by atoms with Crippen molar-refractivity contribution < 1.29 is 9.59 Å². The molecule has 1 fully saturated rings. The molecule has 6 heteroatoms. The van der Waals surface area contributed by atoms with E-state index in [0.717, 1.165) is 34.4 Å². The average molecular weight is 390 g/mol. The molecule has 0 radical (unpaired) electrons. The Morgan fingerprint density at radius 3 is 2.62 bits per heavy atom. The Balaban J connectivity index is 1.32. The third-order valence-electron chi connectivity index (χ3n) is 5.41. The number of fused-ring (bicyclic) bond motifs is 1. The summed E-state index contributed by atoms with van der Waals surface area (Å²) in [4.78, 5) is 37.1. The summed E-state index contributed by atoms with van der Waals surface area (Å²) in [6.07, 6.45) is 1.82. The van der Waals surface area contributed by atoms with Crippen molar-refractivity contribution in [3.8, 4) is 0 Å². The van der Waals surface area contributed by atoms with Gasteiger partial charge in [-0.05, 0) is 37.6 Å². The van der Waals surface area contributed by atoms with Crippen LogP contribution in [0.5, 0.6) is 0 Å². The number of H-pyrrole nitrogens is 1. The number of carbonyl (C=O) groups is 2. The first-order valence-electron chi connectivity index (χ1n) is 10.2. The predicted octanol–water partition coefficient (Wildman–Crippen LogP) is 3.18. The Hall–Kier alpha value is -3.15. The first-order chi connectivity index (χ1) is 14.1. The van der Waals surface area contributed by atoms with Gasteiger partial charge in [0.15, 0.2) is 0 Å².